The molecule has 1 N–H and O–H groups in total. The highest BCUT2D eigenvalue weighted by Crippen LogP contribution is 2.04. The van der Waals surface area contributed by atoms with Gasteiger partial charge in [0.05, 0.1) is 11.8 Å². The minimum absolute atomic E-state index is 0.380. The van der Waals surface area contributed by atoms with Gasteiger partial charge in [-0.3, -0.25) is 0 Å². The molecule has 0 aromatic carbocycles. The van der Waals surface area contributed by atoms with Crippen molar-refractivity contribution in [2.24, 2.45) is 7.05 Å². The lowest BCUT2D eigenvalue weighted by molar-refractivity contribution is -0.746. The monoisotopic (exact) mass is 215 g/mol. The molecular weight excluding hydrogens is 198 g/mol. The summed E-state index contributed by atoms with van der Waals surface area (Å²) in [6.07, 6.45) is 0.928. The summed E-state index contributed by atoms with van der Waals surface area (Å²) in [5, 5.41) is 17.7. The van der Waals surface area contributed by atoms with Crippen molar-refractivity contribution in [3.8, 4) is 5.95 Å². The summed E-state index contributed by atoms with van der Waals surface area (Å²) in [5.74, 6) is -0.380. The zero-order chi connectivity index (χ0) is 11.1. The van der Waals surface area contributed by atoms with E-state index < -0.39 is 0 Å². The Balaban J connectivity index is 2.15. The summed E-state index contributed by atoms with van der Waals surface area (Å²) < 4.78 is 11.1. The molecule has 0 aliphatic carbocycles. The van der Waals surface area contributed by atoms with E-state index in [0.29, 0.717) is 12.2 Å². The van der Waals surface area contributed by atoms with E-state index in [1.165, 1.54) is 4.68 Å². The molecule has 0 fully saturated rings. The first kappa shape index (κ1) is 11.9. The van der Waals surface area contributed by atoms with Crippen molar-refractivity contribution in [2.45, 2.75) is 19.9 Å². The summed E-state index contributed by atoms with van der Waals surface area (Å²) in [6, 6.07) is 0. The predicted octanol–water partition coefficient (Wildman–Crippen LogP) is -0.911. The number of nitrogens with one attached hydrogen (secondary N) is 1. The smallest absolute Gasteiger partial charge is 0.246 e. The third-order valence-electron chi connectivity index (χ3n) is 2.01. The molecule has 1 heterocycles. The first-order chi connectivity index (χ1) is 7.25. The minimum Gasteiger partial charge on any atom is -0.539 e. The third-order valence-corrected chi connectivity index (χ3v) is 2.01. The first-order valence-electron chi connectivity index (χ1n) is 5.06. The molecule has 0 unspecified atom stereocenters. The van der Waals surface area contributed by atoms with Crippen LogP contribution in [0.5, 0.6) is 5.95 Å². The van der Waals surface area contributed by atoms with Gasteiger partial charge in [-0.1, -0.05) is 4.68 Å². The number of rotatable bonds is 7. The van der Waals surface area contributed by atoms with Crippen LogP contribution in [-0.2, 0) is 18.3 Å². The number of aromatic nitrogens is 2. The lowest BCUT2D eigenvalue weighted by Gasteiger charge is -2.02. The van der Waals surface area contributed by atoms with E-state index in [0.717, 1.165) is 26.2 Å². The molecule has 6 heteroatoms. The second-order valence-corrected chi connectivity index (χ2v) is 3.16. The molecule has 0 bridgehead atoms. The Labute approximate surface area is 88.8 Å². The van der Waals surface area contributed by atoms with E-state index >= 15 is 0 Å². The van der Waals surface area contributed by atoms with Crippen molar-refractivity contribution >= 4 is 0 Å². The molecule has 1 aromatic heterocycles. The second-order valence-electron chi connectivity index (χ2n) is 3.16. The van der Waals surface area contributed by atoms with Gasteiger partial charge in [-0.2, -0.15) is 0 Å². The largest absolute Gasteiger partial charge is 0.539 e. The van der Waals surface area contributed by atoms with Crippen LogP contribution in [-0.4, -0.2) is 25.0 Å². The summed E-state index contributed by atoms with van der Waals surface area (Å²) in [7, 11) is 1.68. The van der Waals surface area contributed by atoms with Gasteiger partial charge >= 0.3 is 0 Å². The highest BCUT2D eigenvalue weighted by molar-refractivity contribution is 5.02. The fourth-order valence-electron chi connectivity index (χ4n) is 1.17. The highest BCUT2D eigenvalue weighted by atomic mass is 16.6. The third kappa shape index (κ3) is 3.85. The van der Waals surface area contributed by atoms with Gasteiger partial charge in [-0.25, -0.2) is 0 Å². The van der Waals surface area contributed by atoms with Gasteiger partial charge in [0, 0.05) is 13.2 Å². The van der Waals surface area contributed by atoms with Crippen LogP contribution >= 0.6 is 0 Å². The summed E-state index contributed by atoms with van der Waals surface area (Å²) in [6.45, 7) is 4.73. The molecule has 0 amide bonds. The van der Waals surface area contributed by atoms with Crippen molar-refractivity contribution in [3.63, 3.8) is 0 Å². The van der Waals surface area contributed by atoms with Crippen LogP contribution < -0.4 is 15.1 Å². The normalized spacial score (nSPS) is 10.8. The maximum absolute atomic E-state index is 11.1. The molecule has 1 aromatic rings. The first-order valence-corrected chi connectivity index (χ1v) is 5.06. The van der Waals surface area contributed by atoms with Crippen molar-refractivity contribution in [1.29, 1.82) is 0 Å². The standard InChI is InChI=1S/C9H17N3O3/c1-3-14-6-4-5-10-7-8-9(13)15-11-12(8)2/h10H,3-7H2,1-2H3. The number of hydrogen-bond donors (Lipinski definition) is 1. The van der Waals surface area contributed by atoms with Crippen LogP contribution in [0.4, 0.5) is 0 Å². The van der Waals surface area contributed by atoms with Crippen LogP contribution in [0.15, 0.2) is 4.52 Å². The molecular formula is C9H17N3O3. The molecule has 86 valence electrons. The van der Waals surface area contributed by atoms with Gasteiger partial charge in [0.1, 0.15) is 0 Å². The average molecular weight is 215 g/mol. The van der Waals surface area contributed by atoms with Crippen molar-refractivity contribution in [1.82, 2.24) is 10.6 Å². The van der Waals surface area contributed by atoms with Crippen LogP contribution in [0.2, 0.25) is 0 Å². The average Bonchev–Trinajstić information content (AvgIpc) is 2.54. The van der Waals surface area contributed by atoms with E-state index in [2.05, 4.69) is 15.1 Å². The zero-order valence-electron chi connectivity index (χ0n) is 9.15. The Hall–Kier alpha value is -1.14. The molecule has 0 aliphatic rings. The topological polar surface area (TPSA) is 74.2 Å². The van der Waals surface area contributed by atoms with E-state index in [-0.39, 0.29) is 5.95 Å². The van der Waals surface area contributed by atoms with E-state index in [4.69, 9.17) is 4.74 Å². The molecule has 0 spiro atoms. The van der Waals surface area contributed by atoms with Crippen molar-refractivity contribution in [3.05, 3.63) is 5.69 Å². The summed E-state index contributed by atoms with van der Waals surface area (Å²) >= 11 is 0. The quantitative estimate of drug-likeness (QED) is 0.471. The number of nitrogens with zero attached hydrogens (tertiary/aromatic N) is 2. The van der Waals surface area contributed by atoms with Gasteiger partial charge in [0.15, 0.2) is 13.0 Å². The number of aryl methyl sites for hydroxylation is 1. The van der Waals surface area contributed by atoms with Gasteiger partial charge < -0.3 is 19.7 Å². The fourth-order valence-corrected chi connectivity index (χ4v) is 1.17. The van der Waals surface area contributed by atoms with Crippen molar-refractivity contribution in [2.75, 3.05) is 19.8 Å². The maximum atomic E-state index is 11.1. The Kier molecular flexibility index (Phi) is 5.06. The van der Waals surface area contributed by atoms with Gasteiger partial charge in [-0.05, 0) is 19.9 Å². The summed E-state index contributed by atoms with van der Waals surface area (Å²) in [5.41, 5.74) is 0.534. The lowest BCUT2D eigenvalue weighted by Crippen LogP contribution is -2.37. The van der Waals surface area contributed by atoms with Gasteiger partial charge in [0.2, 0.25) is 5.69 Å². The summed E-state index contributed by atoms with van der Waals surface area (Å²) in [4.78, 5) is 0. The molecule has 0 radical (unpaired) electrons. The van der Waals surface area contributed by atoms with Crippen LogP contribution in [0, 0.1) is 0 Å². The zero-order valence-corrected chi connectivity index (χ0v) is 9.15. The number of hydrogen-bond acceptors (Lipinski definition) is 5. The molecule has 1 rings (SSSR count). The van der Waals surface area contributed by atoms with Crippen LogP contribution in [0.3, 0.4) is 0 Å². The molecule has 0 aliphatic heterocycles. The Morgan fingerprint density at radius 1 is 1.60 bits per heavy atom. The van der Waals surface area contributed by atoms with Gasteiger partial charge in [-0.15, -0.1) is 0 Å². The molecule has 0 saturated carbocycles. The highest BCUT2D eigenvalue weighted by Gasteiger charge is 2.11. The minimum atomic E-state index is -0.380. The Morgan fingerprint density at radius 2 is 2.40 bits per heavy atom. The predicted molar refractivity (Wildman–Crippen MR) is 49.9 cm³/mol. The van der Waals surface area contributed by atoms with Crippen molar-refractivity contribution < 1.29 is 19.0 Å². The Morgan fingerprint density at radius 3 is 3.00 bits per heavy atom. The Bertz CT molecular complexity index is 269. The molecule has 15 heavy (non-hydrogen) atoms. The van der Waals surface area contributed by atoms with Gasteiger partial charge in [0.25, 0.3) is 0 Å². The fraction of sp³-hybridized carbons (Fsp3) is 0.778. The molecule has 0 atom stereocenters. The molecule has 0 saturated heterocycles. The van der Waals surface area contributed by atoms with Crippen LogP contribution in [0.25, 0.3) is 0 Å². The van der Waals surface area contributed by atoms with E-state index in [1.807, 2.05) is 6.92 Å². The molecule has 6 nitrogen and oxygen atoms in total. The van der Waals surface area contributed by atoms with E-state index in [1.54, 1.807) is 7.05 Å². The second kappa shape index (κ2) is 6.36. The SMILES string of the molecule is CCOCCCNCc1c([O-])on[n+]1C. The lowest BCUT2D eigenvalue weighted by atomic mass is 10.4. The maximum Gasteiger partial charge on any atom is 0.246 e. The van der Waals surface area contributed by atoms with E-state index in [9.17, 15) is 5.11 Å². The van der Waals surface area contributed by atoms with Crippen LogP contribution in [0.1, 0.15) is 19.0 Å². The number of ether oxygens (including phenoxy) is 1.